The molecule has 6 aromatic carbocycles. The molecule has 3 amide bonds. The van der Waals surface area contributed by atoms with E-state index in [1.807, 2.05) is 46.7 Å². The molecule has 0 saturated carbocycles. The van der Waals surface area contributed by atoms with Gasteiger partial charge >= 0.3 is 12.4 Å². The van der Waals surface area contributed by atoms with E-state index in [2.05, 4.69) is 68.4 Å². The number of piperidine rings is 1. The second kappa shape index (κ2) is 32.8. The molecule has 9 aromatic rings. The Balaban J connectivity index is 0.000000142. The van der Waals surface area contributed by atoms with Crippen LogP contribution in [0, 0.1) is 5.82 Å². The molecule has 5 N–H and O–H groups in total. The van der Waals surface area contributed by atoms with Gasteiger partial charge in [0, 0.05) is 103 Å². The number of aliphatic hydroxyl groups excluding tert-OH is 2. The molecule has 32 heteroatoms. The van der Waals surface area contributed by atoms with Gasteiger partial charge in [-0.15, -0.1) is 10.2 Å². The minimum atomic E-state index is -4.57. The second-order valence-corrected chi connectivity index (χ2v) is 29.4. The maximum atomic E-state index is 14.5. The third-order valence-corrected chi connectivity index (χ3v) is 22.2. The highest BCUT2D eigenvalue weighted by Gasteiger charge is 2.40. The zero-order chi connectivity index (χ0) is 75.6. The molecule has 107 heavy (non-hydrogen) atoms. The van der Waals surface area contributed by atoms with Crippen LogP contribution < -0.4 is 30.7 Å². The molecule has 3 aromatic heterocycles. The SMILES string of the molecule is CC(c1ccc(Cl)cc1C(F)(F)F)n1nnc2ccc(N3CCN(C(=O)[C@H]4CCCCN4)[C@H](CO)C3)cc21.CC(c1ccc(Cl)cc1C(F)(F)F)n1nnc2ccc(N3CCN(C(=O)[C@H]4CCCN4)[C@H](CO)C3)cc21.CC(c1ccc(Cl)cc1F)n1cnc2ccc(N3CCN(C(=O)[C@H]4CCCN4)CC3)cc21. The average molecular weight is 1540 g/mol. The lowest BCUT2D eigenvalue weighted by Gasteiger charge is -2.43. The Bertz CT molecular complexity index is 4650. The van der Waals surface area contributed by atoms with Gasteiger partial charge in [-0.2, -0.15) is 26.3 Å². The molecule has 6 aliphatic heterocycles. The van der Waals surface area contributed by atoms with Crippen molar-refractivity contribution in [2.45, 2.75) is 126 Å². The van der Waals surface area contributed by atoms with E-state index in [0.717, 1.165) is 131 Å². The third-order valence-electron chi connectivity index (χ3n) is 21.5. The van der Waals surface area contributed by atoms with Crippen LogP contribution in [0.1, 0.15) is 112 Å². The van der Waals surface area contributed by atoms with Crippen molar-refractivity contribution in [3.63, 3.8) is 0 Å². The Labute approximate surface area is 628 Å². The Kier molecular flexibility index (Phi) is 23.5. The molecule has 15 rings (SSSR count). The van der Waals surface area contributed by atoms with E-state index >= 15 is 0 Å². The predicted octanol–water partition coefficient (Wildman–Crippen LogP) is 11.2. The van der Waals surface area contributed by atoms with Crippen molar-refractivity contribution in [1.29, 1.82) is 0 Å². The molecule has 0 spiro atoms. The first-order chi connectivity index (χ1) is 51.3. The van der Waals surface area contributed by atoms with Crippen LogP contribution in [0.5, 0.6) is 0 Å². The number of nitrogens with zero attached hydrogens (tertiary/aromatic N) is 14. The third kappa shape index (κ3) is 16.8. The standard InChI is InChI=1S/C26H30ClF3N6O2.C25H28ClF3N6O2.C24H27ClFN5O/c1-16(20-7-5-17(27)12-21(20)26(28,29)30)36-24-13-18(6-8-22(24)32-33-36)34-10-11-35(19(14-34)15-37)25(38)23-4-2-3-9-31-23;1-15(19-6-4-16(26)11-20(19)25(27,28)29)35-23-12-17(5-7-21(23)31-32-35)33-9-10-34(18(13-33)14-36)24(37)22-3-2-8-30-22;1-16(19-6-4-17(25)13-20(19)26)31-15-28-21-7-5-18(14-23(21)31)29-9-11-30(12-10-29)24(32)22-3-2-8-27-22/h5-8,12-13,16,19,23,31,37H,2-4,9-11,14-15H2,1H3;4-7,11-12,15,18,22,30,36H,2-3,8-10,13-14H2,1H3;4-7,13-16,22,27H,2-3,8-12H2,1H3/t16?,19-,23+;15?,18-,22+;16?,22-/m001/s1. The monoisotopic (exact) mass is 1540 g/mol. The molecule has 570 valence electrons. The van der Waals surface area contributed by atoms with Crippen LogP contribution in [0.15, 0.2) is 116 Å². The number of anilines is 3. The maximum absolute atomic E-state index is 14.5. The lowest BCUT2D eigenvalue weighted by Crippen LogP contribution is -2.60. The van der Waals surface area contributed by atoms with Gasteiger partial charge in [0.15, 0.2) is 0 Å². The summed E-state index contributed by atoms with van der Waals surface area (Å²) in [5, 5.41) is 47.0. The fourth-order valence-electron chi connectivity index (χ4n) is 15.6. The Hall–Kier alpha value is -8.42. The van der Waals surface area contributed by atoms with Crippen LogP contribution in [-0.2, 0) is 26.7 Å². The Morgan fingerprint density at radius 2 is 0.907 bits per heavy atom. The van der Waals surface area contributed by atoms with Crippen molar-refractivity contribution >= 4 is 103 Å². The predicted molar refractivity (Wildman–Crippen MR) is 397 cm³/mol. The van der Waals surface area contributed by atoms with Crippen LogP contribution in [0.4, 0.5) is 47.8 Å². The van der Waals surface area contributed by atoms with Crippen molar-refractivity contribution in [3.05, 3.63) is 164 Å². The number of benzene rings is 6. The quantitative estimate of drug-likeness (QED) is 0.0638. The van der Waals surface area contributed by atoms with Crippen molar-refractivity contribution in [1.82, 2.24) is 70.2 Å². The Morgan fingerprint density at radius 1 is 0.486 bits per heavy atom. The molecular formula is C75H85Cl3F7N17O5. The zero-order valence-corrected chi connectivity index (χ0v) is 61.6. The molecule has 8 atom stereocenters. The number of amides is 3. The number of fused-ring (bicyclic) bond motifs is 3. The number of hydrogen-bond donors (Lipinski definition) is 5. The molecule has 6 fully saturated rings. The van der Waals surface area contributed by atoms with Gasteiger partial charge < -0.3 is 60.1 Å². The van der Waals surface area contributed by atoms with E-state index in [4.69, 9.17) is 34.8 Å². The van der Waals surface area contributed by atoms with E-state index in [9.17, 15) is 55.3 Å². The lowest BCUT2D eigenvalue weighted by molar-refractivity contribution is -0.139. The molecule has 3 unspecified atom stereocenters. The van der Waals surface area contributed by atoms with Crippen LogP contribution in [0.3, 0.4) is 0 Å². The summed E-state index contributed by atoms with van der Waals surface area (Å²) >= 11 is 17.6. The van der Waals surface area contributed by atoms with Gasteiger partial charge in [-0.05, 0) is 181 Å². The molecule has 0 aliphatic carbocycles. The van der Waals surface area contributed by atoms with Crippen LogP contribution in [-0.4, -0.2) is 211 Å². The van der Waals surface area contributed by atoms with Crippen molar-refractivity contribution < 1.29 is 55.3 Å². The van der Waals surface area contributed by atoms with Gasteiger partial charge in [0.05, 0.1) is 101 Å². The van der Waals surface area contributed by atoms with Crippen molar-refractivity contribution in [2.24, 2.45) is 0 Å². The number of alkyl halides is 6. The smallest absolute Gasteiger partial charge is 0.394 e. The first-order valence-electron chi connectivity index (χ1n) is 36.3. The van der Waals surface area contributed by atoms with E-state index in [-0.39, 0.29) is 94.2 Å². The highest BCUT2D eigenvalue weighted by atomic mass is 35.5. The molecule has 6 saturated heterocycles. The summed E-state index contributed by atoms with van der Waals surface area (Å²) in [4.78, 5) is 55.2. The number of piperazine rings is 3. The molecule has 0 radical (unpaired) electrons. The molecule has 0 bridgehead atoms. The molecular weight excluding hydrogens is 1460 g/mol. The summed E-state index contributed by atoms with van der Waals surface area (Å²) in [6.07, 6.45) is -0.746. The first kappa shape index (κ1) is 76.8. The van der Waals surface area contributed by atoms with E-state index in [1.54, 1.807) is 54.2 Å². The minimum Gasteiger partial charge on any atom is -0.394 e. The number of aliphatic hydroxyl groups is 2. The van der Waals surface area contributed by atoms with Crippen LogP contribution in [0.2, 0.25) is 15.1 Å². The number of aromatic nitrogens is 8. The summed E-state index contributed by atoms with van der Waals surface area (Å²) in [5.74, 6) is -0.0420. The zero-order valence-electron chi connectivity index (χ0n) is 59.3. The number of rotatable bonds is 14. The summed E-state index contributed by atoms with van der Waals surface area (Å²) in [6.45, 7) is 13.5. The van der Waals surface area contributed by atoms with Crippen molar-refractivity contribution in [2.75, 3.05) is 113 Å². The fourth-order valence-corrected chi connectivity index (χ4v) is 16.1. The summed E-state index contributed by atoms with van der Waals surface area (Å²) in [6, 6.07) is 26.6. The fraction of sp³-hybridized carbons (Fsp3) is 0.467. The first-order valence-corrected chi connectivity index (χ1v) is 37.4. The topological polar surface area (TPSA) is 226 Å². The summed E-state index contributed by atoms with van der Waals surface area (Å²) < 4.78 is 102. The number of imidazole rings is 1. The summed E-state index contributed by atoms with van der Waals surface area (Å²) in [5.41, 5.74) is 5.89. The van der Waals surface area contributed by atoms with Gasteiger partial charge in [-0.25, -0.2) is 18.7 Å². The van der Waals surface area contributed by atoms with Gasteiger partial charge in [0.1, 0.15) is 16.9 Å². The molecule has 22 nitrogen and oxygen atoms in total. The average Bonchev–Trinajstić information content (AvgIpc) is 1.69. The van der Waals surface area contributed by atoms with Crippen LogP contribution in [0.25, 0.3) is 33.1 Å². The Morgan fingerprint density at radius 3 is 1.36 bits per heavy atom. The van der Waals surface area contributed by atoms with Crippen LogP contribution >= 0.6 is 34.8 Å². The number of hydrogen-bond acceptors (Lipinski definition) is 16. The van der Waals surface area contributed by atoms with Gasteiger partial charge in [0.25, 0.3) is 0 Å². The number of carbonyl (C=O) groups excluding carboxylic acids is 3. The molecule has 6 aliphatic rings. The van der Waals surface area contributed by atoms with E-state index < -0.39 is 35.6 Å². The number of nitrogens with one attached hydrogen (secondary N) is 3. The van der Waals surface area contributed by atoms with Gasteiger partial charge in [-0.1, -0.05) is 69.8 Å². The highest BCUT2D eigenvalue weighted by Crippen LogP contribution is 2.41. The molecule has 9 heterocycles. The normalized spacial score (nSPS) is 21.2. The van der Waals surface area contributed by atoms with E-state index in [1.165, 1.54) is 39.7 Å². The van der Waals surface area contributed by atoms with Crippen molar-refractivity contribution in [3.8, 4) is 0 Å². The highest BCUT2D eigenvalue weighted by molar-refractivity contribution is 6.31. The number of halogens is 10. The largest absolute Gasteiger partial charge is 0.416 e. The maximum Gasteiger partial charge on any atom is 0.416 e. The van der Waals surface area contributed by atoms with E-state index in [0.29, 0.717) is 71.9 Å². The second-order valence-electron chi connectivity index (χ2n) is 28.1. The minimum absolute atomic E-state index is 0.00813. The van der Waals surface area contributed by atoms with Gasteiger partial charge in [-0.3, -0.25) is 14.4 Å². The lowest BCUT2D eigenvalue weighted by atomic mass is 10.0. The summed E-state index contributed by atoms with van der Waals surface area (Å²) in [7, 11) is 0. The van der Waals surface area contributed by atoms with Gasteiger partial charge in [0.2, 0.25) is 17.7 Å². The number of carbonyl (C=O) groups is 3.